The minimum absolute atomic E-state index is 0.0350. The molecule has 5 nitrogen and oxygen atoms in total. The van der Waals surface area contributed by atoms with Gasteiger partial charge in [-0.1, -0.05) is 13.8 Å². The zero-order valence-electron chi connectivity index (χ0n) is 17.2. The Kier molecular flexibility index (Phi) is 5.08. The van der Waals surface area contributed by atoms with Crippen LogP contribution in [0.3, 0.4) is 0 Å². The first-order valence-electron chi connectivity index (χ1n) is 11.2. The Morgan fingerprint density at radius 1 is 1.04 bits per heavy atom. The summed E-state index contributed by atoms with van der Waals surface area (Å²) in [7, 11) is 0. The van der Waals surface area contributed by atoms with Crippen LogP contribution in [0.5, 0.6) is 0 Å². The monoisotopic (exact) mass is 390 g/mol. The predicted octanol–water partition coefficient (Wildman–Crippen LogP) is 4.37. The Labute approximate surface area is 167 Å². The van der Waals surface area contributed by atoms with Gasteiger partial charge in [-0.25, -0.2) is 0 Å². The van der Waals surface area contributed by atoms with Crippen molar-refractivity contribution in [1.29, 1.82) is 0 Å². The summed E-state index contributed by atoms with van der Waals surface area (Å²) in [6, 6.07) is 0. The second kappa shape index (κ2) is 7.14. The van der Waals surface area contributed by atoms with Gasteiger partial charge in [0.1, 0.15) is 11.9 Å². The number of carboxylic acids is 1. The number of aliphatic carboxylic acids is 1. The fourth-order valence-electron chi connectivity index (χ4n) is 7.55. The molecule has 0 bridgehead atoms. The van der Waals surface area contributed by atoms with Gasteiger partial charge in [-0.15, -0.1) is 0 Å². The van der Waals surface area contributed by atoms with Crippen molar-refractivity contribution in [3.63, 3.8) is 0 Å². The lowest BCUT2D eigenvalue weighted by molar-refractivity contribution is -0.163. The largest absolute Gasteiger partial charge is 0.481 e. The van der Waals surface area contributed by atoms with Crippen LogP contribution in [-0.4, -0.2) is 28.9 Å². The molecule has 4 rings (SSSR count). The Hall–Kier alpha value is -1.39. The summed E-state index contributed by atoms with van der Waals surface area (Å²) in [6.07, 6.45) is 9.08. The molecule has 4 fully saturated rings. The molecule has 0 spiro atoms. The average molecular weight is 391 g/mol. The number of Topliss-reactive ketones (excluding diaryl/α,β-unsaturated/α-hetero) is 1. The summed E-state index contributed by atoms with van der Waals surface area (Å²) in [6.45, 7) is 4.68. The summed E-state index contributed by atoms with van der Waals surface area (Å²) in [5.74, 6) is 1.69. The number of rotatable bonds is 4. The molecule has 0 amide bonds. The van der Waals surface area contributed by atoms with Crippen molar-refractivity contribution in [3.05, 3.63) is 0 Å². The van der Waals surface area contributed by atoms with Crippen molar-refractivity contribution in [1.82, 2.24) is 0 Å². The molecule has 156 valence electrons. The van der Waals surface area contributed by atoms with Gasteiger partial charge in [0.2, 0.25) is 0 Å². The third-order valence-corrected chi connectivity index (χ3v) is 9.17. The van der Waals surface area contributed by atoms with Gasteiger partial charge in [0.25, 0.3) is 0 Å². The van der Waals surface area contributed by atoms with E-state index in [0.29, 0.717) is 34.9 Å². The van der Waals surface area contributed by atoms with E-state index in [1.807, 2.05) is 0 Å². The van der Waals surface area contributed by atoms with E-state index < -0.39 is 5.97 Å². The van der Waals surface area contributed by atoms with E-state index in [-0.39, 0.29) is 30.3 Å². The van der Waals surface area contributed by atoms with Crippen LogP contribution in [0.15, 0.2) is 0 Å². The smallest absolute Gasteiger partial charge is 0.306 e. The number of carboxylic acid groups (broad SMARTS) is 1. The lowest BCUT2D eigenvalue weighted by Crippen LogP contribution is -2.54. The van der Waals surface area contributed by atoms with Gasteiger partial charge in [0.15, 0.2) is 0 Å². The van der Waals surface area contributed by atoms with Gasteiger partial charge in [-0.3, -0.25) is 14.4 Å². The zero-order valence-corrected chi connectivity index (χ0v) is 17.2. The second-order valence-corrected chi connectivity index (χ2v) is 10.4. The summed E-state index contributed by atoms with van der Waals surface area (Å²) >= 11 is 0. The van der Waals surface area contributed by atoms with Crippen LogP contribution in [-0.2, 0) is 19.1 Å². The number of esters is 1. The normalized spacial score (nSPS) is 44.9. The summed E-state index contributed by atoms with van der Waals surface area (Å²) in [5.41, 5.74) is 0.223. The fraction of sp³-hybridized carbons (Fsp3) is 0.870. The Balaban J connectivity index is 1.41. The molecule has 0 aromatic carbocycles. The van der Waals surface area contributed by atoms with E-state index >= 15 is 0 Å². The summed E-state index contributed by atoms with van der Waals surface area (Å²) in [4.78, 5) is 35.1. The molecule has 4 aliphatic rings. The van der Waals surface area contributed by atoms with Gasteiger partial charge in [0, 0.05) is 11.8 Å². The molecule has 2 unspecified atom stereocenters. The van der Waals surface area contributed by atoms with Crippen molar-refractivity contribution in [2.24, 2.45) is 34.5 Å². The standard InChI is InChI=1S/C23H34O5/c1-22-11-9-15(28-21(27)8-7-20(25)26)13-14(22)3-4-16-17-5-6-19(24)23(17,2)12-10-18(16)22/h14-18H,3-13H2,1-2H3,(H,25,26)/t14?,15?,16-,17-,18-,22-,23-/m0/s1. The van der Waals surface area contributed by atoms with E-state index in [1.165, 1.54) is 19.3 Å². The highest BCUT2D eigenvalue weighted by Crippen LogP contribution is 2.65. The highest BCUT2D eigenvalue weighted by atomic mass is 16.5. The van der Waals surface area contributed by atoms with Gasteiger partial charge in [-0.05, 0) is 80.5 Å². The van der Waals surface area contributed by atoms with Crippen LogP contribution in [0.4, 0.5) is 0 Å². The number of ketones is 1. The second-order valence-electron chi connectivity index (χ2n) is 10.4. The predicted molar refractivity (Wildman–Crippen MR) is 103 cm³/mol. The van der Waals surface area contributed by atoms with Crippen LogP contribution in [0.25, 0.3) is 0 Å². The fourth-order valence-corrected chi connectivity index (χ4v) is 7.55. The number of ether oxygens (including phenoxy) is 1. The molecule has 4 aliphatic carbocycles. The van der Waals surface area contributed by atoms with Crippen LogP contribution < -0.4 is 0 Å². The SMILES string of the molecule is C[C@]12CCC(OC(=O)CCC(=O)O)CC1CC[C@@H]1[C@@H]2CC[C@]2(C)C(=O)CC[C@@H]12. The van der Waals surface area contributed by atoms with E-state index in [2.05, 4.69) is 13.8 Å². The third-order valence-electron chi connectivity index (χ3n) is 9.17. The summed E-state index contributed by atoms with van der Waals surface area (Å²) < 4.78 is 5.62. The quantitative estimate of drug-likeness (QED) is 0.721. The Bertz CT molecular complexity index is 672. The van der Waals surface area contributed by atoms with Crippen LogP contribution >= 0.6 is 0 Å². The number of hydrogen-bond donors (Lipinski definition) is 1. The first-order valence-corrected chi connectivity index (χ1v) is 11.2. The number of fused-ring (bicyclic) bond motifs is 5. The first-order chi connectivity index (χ1) is 13.2. The highest BCUT2D eigenvalue weighted by Gasteiger charge is 2.60. The molecule has 7 atom stereocenters. The van der Waals surface area contributed by atoms with Crippen molar-refractivity contribution < 1.29 is 24.2 Å². The Morgan fingerprint density at radius 3 is 2.57 bits per heavy atom. The van der Waals surface area contributed by atoms with Crippen molar-refractivity contribution in [2.75, 3.05) is 0 Å². The van der Waals surface area contributed by atoms with Crippen LogP contribution in [0.1, 0.15) is 84.5 Å². The molecule has 0 aliphatic heterocycles. The van der Waals surface area contributed by atoms with Gasteiger partial charge in [0.05, 0.1) is 12.8 Å². The van der Waals surface area contributed by atoms with Crippen molar-refractivity contribution in [3.8, 4) is 0 Å². The maximum absolute atomic E-state index is 12.5. The van der Waals surface area contributed by atoms with Gasteiger partial charge in [-0.2, -0.15) is 0 Å². The Morgan fingerprint density at radius 2 is 1.82 bits per heavy atom. The van der Waals surface area contributed by atoms with E-state index in [0.717, 1.165) is 38.5 Å². The molecule has 0 saturated heterocycles. The van der Waals surface area contributed by atoms with Gasteiger partial charge >= 0.3 is 11.9 Å². The molecule has 0 heterocycles. The molecular formula is C23H34O5. The molecule has 1 N–H and O–H groups in total. The molecule has 0 radical (unpaired) electrons. The minimum atomic E-state index is -0.957. The van der Waals surface area contributed by atoms with Gasteiger partial charge < -0.3 is 9.84 Å². The molecule has 5 heteroatoms. The summed E-state index contributed by atoms with van der Waals surface area (Å²) in [5, 5.41) is 8.74. The first kappa shape index (κ1) is 19.9. The highest BCUT2D eigenvalue weighted by molar-refractivity contribution is 5.87. The molecule has 0 aromatic rings. The molecule has 0 aromatic heterocycles. The van der Waals surface area contributed by atoms with E-state index in [1.54, 1.807) is 0 Å². The maximum Gasteiger partial charge on any atom is 0.306 e. The maximum atomic E-state index is 12.5. The van der Waals surface area contributed by atoms with E-state index in [9.17, 15) is 14.4 Å². The lowest BCUT2D eigenvalue weighted by Gasteiger charge is -2.60. The number of carbonyl (C=O) groups is 3. The molecule has 4 saturated carbocycles. The third kappa shape index (κ3) is 3.19. The lowest BCUT2D eigenvalue weighted by atomic mass is 9.45. The molecule has 28 heavy (non-hydrogen) atoms. The zero-order chi connectivity index (χ0) is 20.1. The van der Waals surface area contributed by atoms with E-state index in [4.69, 9.17) is 9.84 Å². The van der Waals surface area contributed by atoms with Crippen molar-refractivity contribution >= 4 is 17.7 Å². The minimum Gasteiger partial charge on any atom is -0.481 e. The van der Waals surface area contributed by atoms with Crippen molar-refractivity contribution in [2.45, 2.75) is 90.6 Å². The number of carbonyl (C=O) groups excluding carboxylic acids is 2. The molecular weight excluding hydrogens is 356 g/mol. The van der Waals surface area contributed by atoms with Crippen LogP contribution in [0.2, 0.25) is 0 Å². The average Bonchev–Trinajstić information content (AvgIpc) is 2.95. The topological polar surface area (TPSA) is 80.7 Å². The number of hydrogen-bond acceptors (Lipinski definition) is 4. The van der Waals surface area contributed by atoms with Crippen LogP contribution in [0, 0.1) is 34.5 Å².